The lowest BCUT2D eigenvalue weighted by molar-refractivity contribution is -0.389. The molecule has 1 aliphatic rings. The number of pyridine rings is 1. The summed E-state index contributed by atoms with van der Waals surface area (Å²) in [5.41, 5.74) is 1.82. The van der Waals surface area contributed by atoms with Crippen molar-refractivity contribution < 1.29 is 14.5 Å². The fraction of sp³-hybridized carbons (Fsp3) is 0.429. The molecule has 8 nitrogen and oxygen atoms in total. The van der Waals surface area contributed by atoms with E-state index >= 15 is 0 Å². The second-order valence-electron chi connectivity index (χ2n) is 8.30. The number of halogens is 1. The number of hydrogen-bond donors (Lipinski definition) is 0. The third kappa shape index (κ3) is 4.99. The first-order valence-corrected chi connectivity index (χ1v) is 10.1. The molecule has 1 aliphatic heterocycles. The standard InChI is InChI=1S/C21H25ClN4O4/c1-14-13-24(9-10-25(14)20(27)30-21(2,3)4)16-7-5-15(6-8-16)17-11-19(26(28)29)23-12-18(17)22/h5-8,11-12,14H,9-10,13H2,1-4H3/t14-/m0/s1. The molecular weight excluding hydrogens is 408 g/mol. The summed E-state index contributed by atoms with van der Waals surface area (Å²) in [4.78, 5) is 30.5. The molecule has 2 heterocycles. The topological polar surface area (TPSA) is 88.8 Å². The molecule has 0 radical (unpaired) electrons. The first-order valence-electron chi connectivity index (χ1n) is 9.70. The Kier molecular flexibility index (Phi) is 6.17. The predicted octanol–water partition coefficient (Wildman–Crippen LogP) is 4.76. The monoisotopic (exact) mass is 432 g/mol. The van der Waals surface area contributed by atoms with Crippen LogP contribution in [0.5, 0.6) is 0 Å². The second kappa shape index (κ2) is 8.47. The third-order valence-corrected chi connectivity index (χ3v) is 5.13. The summed E-state index contributed by atoms with van der Waals surface area (Å²) in [6.45, 7) is 9.51. The van der Waals surface area contributed by atoms with E-state index in [0.29, 0.717) is 30.2 Å². The number of benzene rings is 1. The lowest BCUT2D eigenvalue weighted by Gasteiger charge is -2.41. The van der Waals surface area contributed by atoms with Crippen LogP contribution in [0.2, 0.25) is 5.02 Å². The lowest BCUT2D eigenvalue weighted by Crippen LogP contribution is -2.55. The van der Waals surface area contributed by atoms with Gasteiger partial charge in [-0.2, -0.15) is 0 Å². The van der Waals surface area contributed by atoms with Crippen LogP contribution in [0.3, 0.4) is 0 Å². The number of ether oxygens (including phenoxy) is 1. The van der Waals surface area contributed by atoms with Crippen molar-refractivity contribution in [3.63, 3.8) is 0 Å². The number of hydrogen-bond acceptors (Lipinski definition) is 6. The average molecular weight is 433 g/mol. The number of amides is 1. The number of nitro groups is 1. The molecule has 160 valence electrons. The van der Waals surface area contributed by atoms with E-state index < -0.39 is 10.5 Å². The predicted molar refractivity (Wildman–Crippen MR) is 116 cm³/mol. The molecule has 0 unspecified atom stereocenters. The van der Waals surface area contributed by atoms with E-state index in [-0.39, 0.29) is 18.0 Å². The van der Waals surface area contributed by atoms with Gasteiger partial charge in [0.05, 0.1) is 5.02 Å². The minimum atomic E-state index is -0.542. The Morgan fingerprint density at radius 1 is 1.27 bits per heavy atom. The first kappa shape index (κ1) is 21.8. The van der Waals surface area contributed by atoms with Crippen LogP contribution >= 0.6 is 11.6 Å². The number of carbonyl (C=O) groups excluding carboxylic acids is 1. The highest BCUT2D eigenvalue weighted by Crippen LogP contribution is 2.31. The molecule has 1 fully saturated rings. The van der Waals surface area contributed by atoms with Gasteiger partial charge in [-0.05, 0) is 55.3 Å². The fourth-order valence-corrected chi connectivity index (χ4v) is 3.60. The summed E-state index contributed by atoms with van der Waals surface area (Å²) < 4.78 is 5.49. The molecule has 1 amide bonds. The number of carbonyl (C=O) groups is 1. The van der Waals surface area contributed by atoms with Crippen molar-refractivity contribution in [1.82, 2.24) is 9.88 Å². The summed E-state index contributed by atoms with van der Waals surface area (Å²) in [5.74, 6) is -0.245. The van der Waals surface area contributed by atoms with Gasteiger partial charge in [-0.3, -0.25) is 0 Å². The van der Waals surface area contributed by atoms with Crippen LogP contribution in [0.4, 0.5) is 16.3 Å². The van der Waals surface area contributed by atoms with Crippen LogP contribution in [0.15, 0.2) is 36.5 Å². The van der Waals surface area contributed by atoms with E-state index in [0.717, 1.165) is 11.3 Å². The largest absolute Gasteiger partial charge is 0.444 e. The van der Waals surface area contributed by atoms with Crippen LogP contribution in [-0.4, -0.2) is 52.2 Å². The van der Waals surface area contributed by atoms with Crippen LogP contribution in [0, 0.1) is 10.1 Å². The van der Waals surface area contributed by atoms with E-state index in [9.17, 15) is 14.9 Å². The van der Waals surface area contributed by atoms with Gasteiger partial charge in [-0.1, -0.05) is 23.7 Å². The number of anilines is 1. The Morgan fingerprint density at radius 2 is 1.93 bits per heavy atom. The SMILES string of the molecule is C[C@H]1CN(c2ccc(-c3cc([N+](=O)[O-])ncc3Cl)cc2)CCN1C(=O)OC(C)(C)C. The minimum absolute atomic E-state index is 0.00516. The molecule has 2 aromatic rings. The van der Waals surface area contributed by atoms with Crippen LogP contribution in [0.25, 0.3) is 11.1 Å². The fourth-order valence-electron chi connectivity index (χ4n) is 3.38. The van der Waals surface area contributed by atoms with Crippen molar-refractivity contribution in [2.45, 2.75) is 39.3 Å². The maximum atomic E-state index is 12.4. The van der Waals surface area contributed by atoms with Crippen LogP contribution in [0.1, 0.15) is 27.7 Å². The molecule has 1 saturated heterocycles. The highest BCUT2D eigenvalue weighted by atomic mass is 35.5. The third-order valence-electron chi connectivity index (χ3n) is 4.83. The van der Waals surface area contributed by atoms with Gasteiger partial charge in [0.25, 0.3) is 0 Å². The first-order chi connectivity index (χ1) is 14.0. The van der Waals surface area contributed by atoms with Crippen molar-refractivity contribution >= 4 is 29.2 Å². The quantitative estimate of drug-likeness (QED) is 0.513. The van der Waals surface area contributed by atoms with Gasteiger partial charge in [0.2, 0.25) is 0 Å². The summed E-state index contributed by atoms with van der Waals surface area (Å²) >= 11 is 6.19. The summed E-state index contributed by atoms with van der Waals surface area (Å²) in [5, 5.41) is 11.3. The number of nitrogens with zero attached hydrogens (tertiary/aromatic N) is 4. The van der Waals surface area contributed by atoms with Crippen LogP contribution in [-0.2, 0) is 4.74 Å². The van der Waals surface area contributed by atoms with Crippen molar-refractivity contribution in [1.29, 1.82) is 0 Å². The molecule has 1 atom stereocenters. The van der Waals surface area contributed by atoms with E-state index in [1.54, 1.807) is 4.90 Å². The van der Waals surface area contributed by atoms with Gasteiger partial charge in [-0.15, -0.1) is 0 Å². The smallest absolute Gasteiger partial charge is 0.410 e. The van der Waals surface area contributed by atoms with Gasteiger partial charge >= 0.3 is 11.9 Å². The van der Waals surface area contributed by atoms with E-state index in [1.165, 1.54) is 12.3 Å². The maximum absolute atomic E-state index is 12.4. The van der Waals surface area contributed by atoms with Gasteiger partial charge in [0.15, 0.2) is 6.20 Å². The lowest BCUT2D eigenvalue weighted by atomic mass is 10.1. The molecule has 1 aromatic heterocycles. The van der Waals surface area contributed by atoms with Crippen molar-refractivity contribution in [3.8, 4) is 11.1 Å². The number of aromatic nitrogens is 1. The van der Waals surface area contributed by atoms with Gasteiger partial charge in [0, 0.05) is 43.0 Å². The zero-order valence-electron chi connectivity index (χ0n) is 17.5. The van der Waals surface area contributed by atoms with Crippen molar-refractivity contribution in [2.24, 2.45) is 0 Å². The normalized spacial score (nSPS) is 17.0. The Bertz CT molecular complexity index is 943. The van der Waals surface area contributed by atoms with Gasteiger partial charge in [-0.25, -0.2) is 4.79 Å². The highest BCUT2D eigenvalue weighted by Gasteiger charge is 2.31. The Balaban J connectivity index is 1.72. The summed E-state index contributed by atoms with van der Waals surface area (Å²) in [6.07, 6.45) is 1.000. The highest BCUT2D eigenvalue weighted by molar-refractivity contribution is 6.33. The molecule has 3 rings (SSSR count). The maximum Gasteiger partial charge on any atom is 0.410 e. The molecule has 9 heteroatoms. The molecule has 0 N–H and O–H groups in total. The zero-order chi connectivity index (χ0) is 22.1. The molecule has 0 spiro atoms. The van der Waals surface area contributed by atoms with Crippen molar-refractivity contribution in [2.75, 3.05) is 24.5 Å². The Labute approximate surface area is 180 Å². The Hall–Kier alpha value is -2.87. The Morgan fingerprint density at radius 3 is 2.50 bits per heavy atom. The molecule has 30 heavy (non-hydrogen) atoms. The van der Waals surface area contributed by atoms with Gasteiger partial charge in [0.1, 0.15) is 5.60 Å². The molecular formula is C21H25ClN4O4. The minimum Gasteiger partial charge on any atom is -0.444 e. The average Bonchev–Trinajstić information content (AvgIpc) is 2.67. The molecule has 0 aliphatic carbocycles. The zero-order valence-corrected chi connectivity index (χ0v) is 18.2. The van der Waals surface area contributed by atoms with Crippen LogP contribution < -0.4 is 4.90 Å². The van der Waals surface area contributed by atoms with E-state index in [4.69, 9.17) is 16.3 Å². The van der Waals surface area contributed by atoms with E-state index in [1.807, 2.05) is 52.0 Å². The number of piperazine rings is 1. The van der Waals surface area contributed by atoms with Gasteiger partial charge < -0.3 is 24.7 Å². The number of rotatable bonds is 3. The second-order valence-corrected chi connectivity index (χ2v) is 8.70. The summed E-state index contributed by atoms with van der Waals surface area (Å²) in [6, 6.07) is 9.04. The molecule has 1 aromatic carbocycles. The van der Waals surface area contributed by atoms with E-state index in [2.05, 4.69) is 9.88 Å². The van der Waals surface area contributed by atoms with Crippen molar-refractivity contribution in [3.05, 3.63) is 51.7 Å². The molecule has 0 saturated carbocycles. The molecule has 0 bridgehead atoms. The summed E-state index contributed by atoms with van der Waals surface area (Å²) in [7, 11) is 0.